The van der Waals surface area contributed by atoms with Gasteiger partial charge < -0.3 is 14.9 Å². The molecule has 0 aliphatic heterocycles. The van der Waals surface area contributed by atoms with Crippen LogP contribution in [0.4, 0.5) is 0 Å². The molecule has 0 bridgehead atoms. The third-order valence-electron chi connectivity index (χ3n) is 5.00. The molecule has 0 aliphatic carbocycles. The van der Waals surface area contributed by atoms with Crippen molar-refractivity contribution in [2.24, 2.45) is 10.8 Å². The minimum absolute atomic E-state index is 0.168. The minimum Gasteiger partial charge on any atom is -0.481 e. The Morgan fingerprint density at radius 3 is 1.68 bits per heavy atom. The number of aliphatic hydroxyl groups is 1. The topological polar surface area (TPSA) is 83.8 Å². The van der Waals surface area contributed by atoms with Gasteiger partial charge in [0.15, 0.2) is 0 Å². The van der Waals surface area contributed by atoms with Crippen molar-refractivity contribution >= 4 is 11.9 Å². The van der Waals surface area contributed by atoms with Crippen LogP contribution in [0.25, 0.3) is 0 Å². The van der Waals surface area contributed by atoms with E-state index in [2.05, 4.69) is 0 Å². The SMILES string of the molecule is COC(=O)C(C)(C)CCCCCC(O)CCCCCC(C)(C)C(=O)O. The number of esters is 1. The van der Waals surface area contributed by atoms with E-state index in [-0.39, 0.29) is 12.1 Å². The third kappa shape index (κ3) is 10.5. The zero-order valence-corrected chi connectivity index (χ0v) is 16.8. The number of carbonyl (C=O) groups is 2. The zero-order chi connectivity index (χ0) is 19.5. The Kier molecular flexibility index (Phi) is 11.0. The Labute approximate surface area is 153 Å². The summed E-state index contributed by atoms with van der Waals surface area (Å²) < 4.78 is 4.80. The summed E-state index contributed by atoms with van der Waals surface area (Å²) in [4.78, 5) is 22.6. The van der Waals surface area contributed by atoms with Gasteiger partial charge in [-0.05, 0) is 53.4 Å². The van der Waals surface area contributed by atoms with Gasteiger partial charge in [-0.2, -0.15) is 0 Å². The summed E-state index contributed by atoms with van der Waals surface area (Å²) in [5, 5.41) is 19.1. The number of methoxy groups -OCH3 is 1. The largest absolute Gasteiger partial charge is 0.481 e. The molecule has 0 rings (SSSR count). The average molecular weight is 359 g/mol. The molecular formula is C20H38O5. The van der Waals surface area contributed by atoms with Crippen molar-refractivity contribution < 1.29 is 24.5 Å². The number of carboxylic acids is 1. The first-order valence-electron chi connectivity index (χ1n) is 9.53. The summed E-state index contributed by atoms with van der Waals surface area (Å²) in [6, 6.07) is 0. The van der Waals surface area contributed by atoms with Crippen LogP contribution in [0.2, 0.25) is 0 Å². The van der Waals surface area contributed by atoms with Gasteiger partial charge in [0, 0.05) is 0 Å². The van der Waals surface area contributed by atoms with Gasteiger partial charge in [-0.3, -0.25) is 9.59 Å². The molecule has 148 valence electrons. The van der Waals surface area contributed by atoms with Crippen molar-refractivity contribution in [1.82, 2.24) is 0 Å². The predicted molar refractivity (Wildman–Crippen MR) is 99.4 cm³/mol. The first-order valence-corrected chi connectivity index (χ1v) is 9.53. The van der Waals surface area contributed by atoms with Crippen LogP contribution in [-0.4, -0.2) is 35.4 Å². The van der Waals surface area contributed by atoms with Crippen molar-refractivity contribution in [2.75, 3.05) is 7.11 Å². The van der Waals surface area contributed by atoms with Gasteiger partial charge in [0.2, 0.25) is 0 Å². The number of unbranched alkanes of at least 4 members (excludes halogenated alkanes) is 4. The van der Waals surface area contributed by atoms with E-state index in [1.807, 2.05) is 13.8 Å². The number of hydrogen-bond donors (Lipinski definition) is 2. The van der Waals surface area contributed by atoms with Gasteiger partial charge in [0.1, 0.15) is 0 Å². The molecule has 5 heteroatoms. The highest BCUT2D eigenvalue weighted by atomic mass is 16.5. The Balaban J connectivity index is 3.67. The van der Waals surface area contributed by atoms with E-state index >= 15 is 0 Å². The fourth-order valence-electron chi connectivity index (χ4n) is 2.88. The average Bonchev–Trinajstić information content (AvgIpc) is 2.52. The fraction of sp³-hybridized carbons (Fsp3) is 0.900. The van der Waals surface area contributed by atoms with Crippen LogP contribution in [0.1, 0.15) is 91.9 Å². The van der Waals surface area contributed by atoms with Gasteiger partial charge in [0.25, 0.3) is 0 Å². The molecule has 25 heavy (non-hydrogen) atoms. The molecule has 2 N–H and O–H groups in total. The molecule has 0 fully saturated rings. The van der Waals surface area contributed by atoms with Crippen LogP contribution in [0.15, 0.2) is 0 Å². The molecular weight excluding hydrogens is 320 g/mol. The van der Waals surface area contributed by atoms with Gasteiger partial charge in [-0.15, -0.1) is 0 Å². The second kappa shape index (κ2) is 11.5. The van der Waals surface area contributed by atoms with Crippen LogP contribution in [-0.2, 0) is 14.3 Å². The van der Waals surface area contributed by atoms with Crippen molar-refractivity contribution in [3.63, 3.8) is 0 Å². The molecule has 0 heterocycles. The molecule has 0 aromatic heterocycles. The molecule has 0 saturated carbocycles. The Hall–Kier alpha value is -1.10. The quantitative estimate of drug-likeness (QED) is 0.351. The lowest BCUT2D eigenvalue weighted by atomic mass is 9.86. The molecule has 0 aliphatic rings. The van der Waals surface area contributed by atoms with E-state index < -0.39 is 16.8 Å². The van der Waals surface area contributed by atoms with Crippen molar-refractivity contribution in [1.29, 1.82) is 0 Å². The van der Waals surface area contributed by atoms with E-state index in [1.54, 1.807) is 13.8 Å². The first kappa shape index (κ1) is 23.9. The monoisotopic (exact) mass is 358 g/mol. The molecule has 0 saturated heterocycles. The second-order valence-electron chi connectivity index (χ2n) is 8.42. The lowest BCUT2D eigenvalue weighted by Crippen LogP contribution is -2.25. The number of rotatable bonds is 14. The van der Waals surface area contributed by atoms with Crippen molar-refractivity contribution in [3.05, 3.63) is 0 Å². The van der Waals surface area contributed by atoms with Gasteiger partial charge in [0.05, 0.1) is 24.0 Å². The number of carboxylic acid groups (broad SMARTS) is 1. The van der Waals surface area contributed by atoms with E-state index in [0.29, 0.717) is 6.42 Å². The smallest absolute Gasteiger partial charge is 0.311 e. The summed E-state index contributed by atoms with van der Waals surface area (Å²) in [6.45, 7) is 7.32. The lowest BCUT2D eigenvalue weighted by Gasteiger charge is -2.21. The predicted octanol–water partition coefficient (Wildman–Crippen LogP) is 4.56. The maximum Gasteiger partial charge on any atom is 0.311 e. The molecule has 0 spiro atoms. The fourth-order valence-corrected chi connectivity index (χ4v) is 2.88. The molecule has 0 aromatic carbocycles. The molecule has 0 aromatic rings. The minimum atomic E-state index is -0.747. The van der Waals surface area contributed by atoms with Gasteiger partial charge >= 0.3 is 11.9 Å². The van der Waals surface area contributed by atoms with Gasteiger partial charge in [-0.25, -0.2) is 0 Å². The Bertz CT molecular complexity index is 401. The molecule has 0 amide bonds. The first-order chi connectivity index (χ1) is 11.5. The summed E-state index contributed by atoms with van der Waals surface area (Å²) in [6.07, 6.45) is 8.47. The number of ether oxygens (including phenoxy) is 1. The second-order valence-corrected chi connectivity index (χ2v) is 8.42. The molecule has 1 unspecified atom stereocenters. The Morgan fingerprint density at radius 2 is 1.28 bits per heavy atom. The van der Waals surface area contributed by atoms with Crippen LogP contribution in [0, 0.1) is 10.8 Å². The third-order valence-corrected chi connectivity index (χ3v) is 5.00. The van der Waals surface area contributed by atoms with E-state index in [1.165, 1.54) is 7.11 Å². The number of aliphatic hydroxyl groups excluding tert-OH is 1. The number of hydrogen-bond acceptors (Lipinski definition) is 4. The van der Waals surface area contributed by atoms with Crippen LogP contribution in [0.3, 0.4) is 0 Å². The highest BCUT2D eigenvalue weighted by Crippen LogP contribution is 2.26. The van der Waals surface area contributed by atoms with Crippen LogP contribution >= 0.6 is 0 Å². The Morgan fingerprint density at radius 1 is 0.840 bits per heavy atom. The highest BCUT2D eigenvalue weighted by Gasteiger charge is 2.28. The van der Waals surface area contributed by atoms with Crippen molar-refractivity contribution in [3.8, 4) is 0 Å². The maximum atomic E-state index is 11.6. The summed E-state index contributed by atoms with van der Waals surface area (Å²) in [7, 11) is 1.42. The standard InChI is InChI=1S/C20H38O5/c1-19(2,17(22)23)14-10-6-8-12-16(21)13-9-7-11-15-20(3,4)18(24)25-5/h16,21H,6-15H2,1-5H3,(H,22,23). The molecule has 5 nitrogen and oxygen atoms in total. The highest BCUT2D eigenvalue weighted by molar-refractivity contribution is 5.75. The van der Waals surface area contributed by atoms with E-state index in [9.17, 15) is 14.7 Å². The van der Waals surface area contributed by atoms with E-state index in [4.69, 9.17) is 9.84 Å². The van der Waals surface area contributed by atoms with Crippen LogP contribution < -0.4 is 0 Å². The number of aliphatic carboxylic acids is 1. The summed E-state index contributed by atoms with van der Waals surface area (Å²) in [5.41, 5.74) is -1.09. The summed E-state index contributed by atoms with van der Waals surface area (Å²) in [5.74, 6) is -0.915. The van der Waals surface area contributed by atoms with Gasteiger partial charge in [-0.1, -0.05) is 38.5 Å². The summed E-state index contributed by atoms with van der Waals surface area (Å²) >= 11 is 0. The lowest BCUT2D eigenvalue weighted by molar-refractivity contribution is -0.151. The molecule has 0 radical (unpaired) electrons. The van der Waals surface area contributed by atoms with E-state index in [0.717, 1.165) is 57.8 Å². The number of carbonyl (C=O) groups excluding carboxylic acids is 1. The van der Waals surface area contributed by atoms with Crippen molar-refractivity contribution in [2.45, 2.75) is 98.0 Å². The maximum absolute atomic E-state index is 11.6. The molecule has 1 atom stereocenters. The zero-order valence-electron chi connectivity index (χ0n) is 16.8. The van der Waals surface area contributed by atoms with Crippen LogP contribution in [0.5, 0.6) is 0 Å². The normalized spacial score (nSPS) is 13.5.